The average molecular weight is 1880 g/mol. The van der Waals surface area contributed by atoms with E-state index < -0.39 is 57.1 Å². The van der Waals surface area contributed by atoms with Crippen molar-refractivity contribution in [3.8, 4) is 0 Å². The number of allylic oxidation sites excluding steroid dienone is 4. The maximum Gasteiger partial charge on any atom is 0.309 e. The maximum atomic E-state index is 12.8. The average Bonchev–Trinajstić information content (AvgIpc) is 1.35. The van der Waals surface area contributed by atoms with E-state index in [2.05, 4.69) is 192 Å². The zero-order valence-corrected chi connectivity index (χ0v) is 91.0. The molecule has 8 N–H and O–H groups in total. The third-order valence-corrected chi connectivity index (χ3v) is 56.3. The van der Waals surface area contributed by atoms with Crippen LogP contribution in [-0.4, -0.2) is 90.2 Å². The molecule has 0 aliphatic heterocycles. The van der Waals surface area contributed by atoms with E-state index in [4.69, 9.17) is 0 Å². The van der Waals surface area contributed by atoms with Crippen molar-refractivity contribution < 1.29 is 60.0 Å². The third-order valence-electron chi connectivity index (χ3n) is 56.3. The molecule has 136 heavy (non-hydrogen) atoms. The van der Waals surface area contributed by atoms with E-state index in [1.165, 1.54) is 131 Å². The van der Waals surface area contributed by atoms with Crippen LogP contribution in [0.4, 0.5) is 0 Å². The maximum absolute atomic E-state index is 12.8. The number of hydrogen-bond acceptors (Lipinski definition) is 8. The van der Waals surface area contributed by atoms with Crippen LogP contribution in [0.25, 0.3) is 0 Å². The lowest BCUT2D eigenvalue weighted by Crippen LogP contribution is -2.67. The predicted octanol–water partition coefficient (Wildman–Crippen LogP) is 29.6. The Hall–Kier alpha value is -3.32. The minimum absolute atomic E-state index is 0.0214. The number of rotatable bonds is 12. The Kier molecular flexibility index (Phi) is 26.1. The molecular formula is C124H200O12. The van der Waals surface area contributed by atoms with Crippen LogP contribution in [0.5, 0.6) is 0 Å². The molecule has 44 unspecified atom stereocenters. The molecule has 20 aliphatic carbocycles. The Morgan fingerprint density at radius 1 is 0.250 bits per heavy atom. The molecule has 0 aromatic carbocycles. The van der Waals surface area contributed by atoms with Crippen LogP contribution in [0.15, 0.2) is 48.6 Å². The van der Waals surface area contributed by atoms with Crippen LogP contribution in [0.2, 0.25) is 0 Å². The SMILES string of the molecule is C=C(C)C1CCC2(C(=O)O)CCC3(C)C(CCC4C5(C)CCC(C)C(C)(CC)C5CCC43C)C12.C=C(C)C1CCC2(C(=O)O)CCC3(C)C(CCC4C5(C)CCC(C)C(C)(CO)C5CCC43C)C12.C=C(C)C1CCC2(C(=O)O)CCC3(C)C(CCC4C5(C)CCC(O)C(C)(CC)C5CCC43C)C12.C=C(C)C1CCC2(C(=O)O)CCC3(C)C(CCC4C5(C)CCC(O)C(C)(CO)C5CCC43C)C12. The number of aliphatic hydroxyl groups excluding tert-OH is 4. The molecule has 20 aliphatic rings. The van der Waals surface area contributed by atoms with Crippen LogP contribution >= 0.6 is 0 Å². The molecule has 20 saturated carbocycles. The van der Waals surface area contributed by atoms with E-state index in [-0.39, 0.29) is 101 Å². The lowest BCUT2D eigenvalue weighted by atomic mass is 9.31. The van der Waals surface area contributed by atoms with Crippen molar-refractivity contribution in [1.82, 2.24) is 0 Å². The first kappa shape index (κ1) is 104. The normalized spacial score (nSPS) is 56.6. The van der Waals surface area contributed by atoms with Gasteiger partial charge in [-0.25, -0.2) is 0 Å². The fourth-order valence-electron chi connectivity index (χ4n) is 47.2. The van der Waals surface area contributed by atoms with Crippen LogP contribution in [0.3, 0.4) is 0 Å². The van der Waals surface area contributed by atoms with Crippen molar-refractivity contribution in [2.75, 3.05) is 13.2 Å². The second-order valence-electron chi connectivity index (χ2n) is 58.6. The van der Waals surface area contributed by atoms with Gasteiger partial charge >= 0.3 is 23.9 Å². The van der Waals surface area contributed by atoms with E-state index >= 15 is 0 Å². The molecule has 0 saturated heterocycles. The van der Waals surface area contributed by atoms with E-state index in [0.717, 1.165) is 178 Å². The highest BCUT2D eigenvalue weighted by molar-refractivity contribution is 5.78. The van der Waals surface area contributed by atoms with E-state index in [9.17, 15) is 60.0 Å². The molecule has 0 bridgehead atoms. The molecule has 0 amide bonds. The van der Waals surface area contributed by atoms with Gasteiger partial charge in [0, 0.05) is 12.0 Å². The number of carboxylic acids is 4. The van der Waals surface area contributed by atoms with E-state index in [1.54, 1.807) is 0 Å². The summed E-state index contributed by atoms with van der Waals surface area (Å²) in [6.07, 6.45) is 45.3. The quantitative estimate of drug-likeness (QED) is 0.0854. The van der Waals surface area contributed by atoms with Gasteiger partial charge in [-0.05, 0) is 502 Å². The molecule has 0 aromatic rings. The first-order chi connectivity index (χ1) is 63.3. The van der Waals surface area contributed by atoms with Crippen LogP contribution in [0, 0.1) is 238 Å². The van der Waals surface area contributed by atoms with Crippen LogP contribution in [-0.2, 0) is 19.2 Å². The smallest absolute Gasteiger partial charge is 0.309 e. The predicted molar refractivity (Wildman–Crippen MR) is 549 cm³/mol. The van der Waals surface area contributed by atoms with E-state index in [0.29, 0.717) is 112 Å². The third kappa shape index (κ3) is 13.4. The molecule has 12 heteroatoms. The Bertz CT molecular complexity index is 4090. The van der Waals surface area contributed by atoms with Crippen molar-refractivity contribution in [3.63, 3.8) is 0 Å². The largest absolute Gasteiger partial charge is 0.481 e. The van der Waals surface area contributed by atoms with Gasteiger partial charge in [-0.2, -0.15) is 0 Å². The molecule has 768 valence electrons. The van der Waals surface area contributed by atoms with Gasteiger partial charge in [0.2, 0.25) is 0 Å². The Morgan fingerprint density at radius 2 is 0.471 bits per heavy atom. The van der Waals surface area contributed by atoms with Gasteiger partial charge in [0.1, 0.15) is 0 Å². The first-order valence-electron chi connectivity index (χ1n) is 57.4. The molecule has 20 fully saturated rings. The Balaban J connectivity index is 0.000000126. The van der Waals surface area contributed by atoms with Gasteiger partial charge in [0.25, 0.3) is 0 Å². The van der Waals surface area contributed by atoms with Gasteiger partial charge in [0.05, 0.1) is 40.5 Å². The lowest BCUT2D eigenvalue weighted by Gasteiger charge is -2.73. The number of aliphatic hydroxyl groups is 4. The molecule has 0 aromatic heterocycles. The second kappa shape index (κ2) is 34.1. The number of fused-ring (bicyclic) bond motifs is 28. The van der Waals surface area contributed by atoms with Crippen molar-refractivity contribution in [3.05, 3.63) is 48.6 Å². The standard InChI is InChI=1S/C32H52O2.2C31H50O3.C30H48O4/c1-9-28(5)21(4)12-15-29(6)24(28)14-16-31(8)25(29)11-10-23-26-22(20(2)3)13-17-32(26,27(33)34)19-18-30(23,31)7;1-19(2)21-11-15-31(26(33)34)17-16-29(6)22(25(21)31)8-9-24-27(4)13-10-20(3)28(5,18-32)23(27)12-14-30(24,29)7;1-8-27(4)22-12-15-30(7)23(28(22,5)14-13-24(27)32)10-9-21-25-20(19(2)3)11-16-31(25,26(33)34)18-17-29(21,30)6;1-18(2)19-9-14-30(25(33)34)16-15-28(5)20(24(19)30)7-8-22-26(3)12-11-23(32)27(4,17-31)21(26)10-13-29(22,28)6/h21-26H,2,9-19H2,1,3-8H3,(H,33,34);20-25,32H,1,8-18H2,2-7H3,(H,33,34);20-25,32H,2,8-18H2,1,3-7H3,(H,33,34);19-24,31-32H,1,7-17H2,2-6H3,(H,33,34). The molecule has 0 spiro atoms. The van der Waals surface area contributed by atoms with E-state index in [1.807, 2.05) is 0 Å². The van der Waals surface area contributed by atoms with Gasteiger partial charge in [-0.1, -0.05) is 194 Å². The number of aliphatic carboxylic acids is 4. The summed E-state index contributed by atoms with van der Waals surface area (Å²) < 4.78 is 0. The summed E-state index contributed by atoms with van der Waals surface area (Å²) in [7, 11) is 0. The van der Waals surface area contributed by atoms with Crippen molar-refractivity contribution in [2.45, 2.75) is 448 Å². The summed E-state index contributed by atoms with van der Waals surface area (Å²) in [4.78, 5) is 51.2. The highest BCUT2D eigenvalue weighted by Gasteiger charge is 2.79. The highest BCUT2D eigenvalue weighted by Crippen LogP contribution is 2.85. The molecular weight excluding hydrogens is 1680 g/mol. The topological polar surface area (TPSA) is 230 Å². The molecule has 20 rings (SSSR count). The number of carboxylic acid groups (broad SMARTS) is 4. The fraction of sp³-hybridized carbons (Fsp3) is 0.903. The molecule has 0 heterocycles. The minimum Gasteiger partial charge on any atom is -0.481 e. The summed E-state index contributed by atoms with van der Waals surface area (Å²) in [6.45, 7) is 76.5. The Labute approximate surface area is 827 Å². The van der Waals surface area contributed by atoms with Gasteiger partial charge < -0.3 is 40.9 Å². The van der Waals surface area contributed by atoms with Gasteiger partial charge in [0.15, 0.2) is 0 Å². The van der Waals surface area contributed by atoms with Gasteiger partial charge in [-0.15, -0.1) is 0 Å². The van der Waals surface area contributed by atoms with Crippen molar-refractivity contribution >= 4 is 23.9 Å². The number of hydrogen-bond donors (Lipinski definition) is 8. The summed E-state index contributed by atoms with van der Waals surface area (Å²) in [5, 5.41) is 85.1. The second-order valence-corrected chi connectivity index (χ2v) is 58.6. The minimum atomic E-state index is -0.567. The summed E-state index contributed by atoms with van der Waals surface area (Å²) in [5.41, 5.74) is 5.58. The number of carbonyl (C=O) groups is 4. The van der Waals surface area contributed by atoms with Crippen molar-refractivity contribution in [2.24, 2.45) is 238 Å². The van der Waals surface area contributed by atoms with Crippen molar-refractivity contribution in [1.29, 1.82) is 0 Å². The van der Waals surface area contributed by atoms with Gasteiger partial charge in [-0.3, -0.25) is 19.2 Å². The summed E-state index contributed by atoms with van der Waals surface area (Å²) in [5.74, 6) is 8.64. The zero-order chi connectivity index (χ0) is 99.6. The molecule has 44 atom stereocenters. The zero-order valence-electron chi connectivity index (χ0n) is 91.0. The monoisotopic (exact) mass is 1880 g/mol. The fourth-order valence-corrected chi connectivity index (χ4v) is 47.2. The first-order valence-corrected chi connectivity index (χ1v) is 57.4. The lowest BCUT2D eigenvalue weighted by molar-refractivity contribution is -0.254. The Morgan fingerprint density at radius 3 is 0.706 bits per heavy atom. The molecule has 0 radical (unpaired) electrons. The highest BCUT2D eigenvalue weighted by atomic mass is 16.4. The summed E-state index contributed by atoms with van der Waals surface area (Å²) in [6, 6.07) is 0. The summed E-state index contributed by atoms with van der Waals surface area (Å²) >= 11 is 0. The molecule has 12 nitrogen and oxygen atoms in total. The van der Waals surface area contributed by atoms with Crippen LogP contribution < -0.4 is 0 Å². The van der Waals surface area contributed by atoms with Crippen LogP contribution in [0.1, 0.15) is 436 Å².